The molecular formula is C9H6BrClOS2. The Morgan fingerprint density at radius 3 is 2.29 bits per heavy atom. The summed E-state index contributed by atoms with van der Waals surface area (Å²) in [4.78, 5) is 1.81. The molecule has 1 N–H and O–H groups in total. The fourth-order valence-electron chi connectivity index (χ4n) is 1.09. The second-order valence-electron chi connectivity index (χ2n) is 2.69. The van der Waals surface area contributed by atoms with Crippen LogP contribution in [0.1, 0.15) is 15.9 Å². The molecule has 2 aromatic heterocycles. The smallest absolute Gasteiger partial charge is 0.122 e. The minimum absolute atomic E-state index is 0.552. The lowest BCUT2D eigenvalue weighted by molar-refractivity contribution is 0.228. The molecule has 0 spiro atoms. The number of thiophene rings is 2. The highest BCUT2D eigenvalue weighted by Crippen LogP contribution is 2.35. The Labute approximate surface area is 103 Å². The van der Waals surface area contributed by atoms with Gasteiger partial charge in [-0.3, -0.25) is 0 Å². The quantitative estimate of drug-likeness (QED) is 0.876. The Balaban J connectivity index is 2.28. The van der Waals surface area contributed by atoms with Crippen molar-refractivity contribution in [2.75, 3.05) is 0 Å². The number of halogens is 2. The van der Waals surface area contributed by atoms with Crippen LogP contribution in [-0.2, 0) is 0 Å². The van der Waals surface area contributed by atoms with E-state index in [9.17, 15) is 5.11 Å². The Kier molecular flexibility index (Phi) is 3.29. The van der Waals surface area contributed by atoms with Crippen LogP contribution in [0.5, 0.6) is 0 Å². The van der Waals surface area contributed by atoms with Gasteiger partial charge in [0.05, 0.1) is 8.12 Å². The summed E-state index contributed by atoms with van der Waals surface area (Å²) in [5.41, 5.74) is 0. The van der Waals surface area contributed by atoms with Gasteiger partial charge in [0.25, 0.3) is 0 Å². The second kappa shape index (κ2) is 4.33. The van der Waals surface area contributed by atoms with Crippen molar-refractivity contribution in [1.29, 1.82) is 0 Å². The van der Waals surface area contributed by atoms with E-state index in [4.69, 9.17) is 11.6 Å². The molecular weight excluding hydrogens is 304 g/mol. The molecule has 0 radical (unpaired) electrons. The van der Waals surface area contributed by atoms with Crippen molar-refractivity contribution in [3.8, 4) is 0 Å². The molecule has 5 heteroatoms. The van der Waals surface area contributed by atoms with E-state index in [-0.39, 0.29) is 0 Å². The Morgan fingerprint density at radius 2 is 1.79 bits per heavy atom. The number of rotatable bonds is 2. The zero-order valence-electron chi connectivity index (χ0n) is 6.91. The van der Waals surface area contributed by atoms with E-state index in [1.165, 1.54) is 22.7 Å². The first-order valence-corrected chi connectivity index (χ1v) is 6.66. The highest BCUT2D eigenvalue weighted by Gasteiger charge is 2.14. The van der Waals surface area contributed by atoms with Gasteiger partial charge in [-0.05, 0) is 40.2 Å². The van der Waals surface area contributed by atoms with Gasteiger partial charge in [-0.2, -0.15) is 0 Å². The fourth-order valence-corrected chi connectivity index (χ4v) is 3.66. The van der Waals surface area contributed by atoms with Gasteiger partial charge in [0.15, 0.2) is 0 Å². The summed E-state index contributed by atoms with van der Waals surface area (Å²) in [6.45, 7) is 0. The summed E-state index contributed by atoms with van der Waals surface area (Å²) in [5.74, 6) is 0. The van der Waals surface area contributed by atoms with Crippen molar-refractivity contribution in [2.24, 2.45) is 0 Å². The first kappa shape index (κ1) is 10.6. The van der Waals surface area contributed by atoms with Gasteiger partial charge < -0.3 is 5.11 Å². The largest absolute Gasteiger partial charge is 0.382 e. The topological polar surface area (TPSA) is 20.2 Å². The summed E-state index contributed by atoms with van der Waals surface area (Å²) in [7, 11) is 0. The highest BCUT2D eigenvalue weighted by molar-refractivity contribution is 9.11. The Morgan fingerprint density at radius 1 is 1.14 bits per heavy atom. The monoisotopic (exact) mass is 308 g/mol. The maximum Gasteiger partial charge on any atom is 0.122 e. The molecule has 1 unspecified atom stereocenters. The third-order valence-electron chi connectivity index (χ3n) is 1.73. The van der Waals surface area contributed by atoms with Crippen LogP contribution in [0.3, 0.4) is 0 Å². The average Bonchev–Trinajstić information content (AvgIpc) is 2.73. The summed E-state index contributed by atoms with van der Waals surface area (Å²) in [6.07, 6.45) is -0.552. The molecule has 0 bridgehead atoms. The summed E-state index contributed by atoms with van der Waals surface area (Å²) >= 11 is 12.1. The lowest BCUT2D eigenvalue weighted by Crippen LogP contribution is -1.92. The minimum Gasteiger partial charge on any atom is -0.382 e. The zero-order valence-corrected chi connectivity index (χ0v) is 10.9. The molecule has 74 valence electrons. The first-order valence-electron chi connectivity index (χ1n) is 3.85. The third kappa shape index (κ3) is 2.20. The first-order chi connectivity index (χ1) is 6.66. The molecule has 1 nitrogen and oxygen atoms in total. The molecule has 2 aromatic rings. The Bertz CT molecular complexity index is 397. The van der Waals surface area contributed by atoms with Gasteiger partial charge in [-0.25, -0.2) is 0 Å². The summed E-state index contributed by atoms with van der Waals surface area (Å²) in [5, 5.41) is 9.96. The fraction of sp³-hybridized carbons (Fsp3) is 0.111. The van der Waals surface area contributed by atoms with Gasteiger partial charge in [0.2, 0.25) is 0 Å². The second-order valence-corrected chi connectivity index (χ2v) is 6.93. The van der Waals surface area contributed by atoms with E-state index in [1.54, 1.807) is 6.07 Å². The molecule has 0 aliphatic heterocycles. The molecule has 0 aliphatic carbocycles. The number of aliphatic hydroxyl groups is 1. The molecule has 1 atom stereocenters. The van der Waals surface area contributed by atoms with Crippen molar-refractivity contribution < 1.29 is 5.11 Å². The lowest BCUT2D eigenvalue weighted by Gasteiger charge is -2.04. The molecule has 0 saturated heterocycles. The molecule has 0 aliphatic rings. The van der Waals surface area contributed by atoms with Gasteiger partial charge in [-0.1, -0.05) is 11.6 Å². The predicted molar refractivity (Wildman–Crippen MR) is 65.4 cm³/mol. The van der Waals surface area contributed by atoms with Crippen molar-refractivity contribution in [3.05, 3.63) is 42.1 Å². The van der Waals surface area contributed by atoms with Crippen LogP contribution in [0.2, 0.25) is 4.34 Å². The molecule has 0 saturated carbocycles. The van der Waals surface area contributed by atoms with Crippen molar-refractivity contribution in [1.82, 2.24) is 0 Å². The standard InChI is InChI=1S/C9H6BrClOS2/c10-7-3-1-5(13-7)9(12)6-2-4-8(11)14-6/h1-4,9,12H. The number of aliphatic hydroxyl groups excluding tert-OH is 1. The van der Waals surface area contributed by atoms with Gasteiger partial charge >= 0.3 is 0 Å². The molecule has 2 rings (SSSR count). The van der Waals surface area contributed by atoms with Crippen LogP contribution in [0.4, 0.5) is 0 Å². The summed E-state index contributed by atoms with van der Waals surface area (Å²) < 4.78 is 1.73. The van der Waals surface area contributed by atoms with Crippen LogP contribution in [0.15, 0.2) is 28.1 Å². The average molecular weight is 310 g/mol. The normalized spacial score (nSPS) is 13.1. The van der Waals surface area contributed by atoms with E-state index >= 15 is 0 Å². The van der Waals surface area contributed by atoms with Crippen LogP contribution in [-0.4, -0.2) is 5.11 Å². The SMILES string of the molecule is OC(c1ccc(Cl)s1)c1ccc(Br)s1. The van der Waals surface area contributed by atoms with Crippen molar-refractivity contribution in [2.45, 2.75) is 6.10 Å². The molecule has 2 heterocycles. The molecule has 0 fully saturated rings. The van der Waals surface area contributed by atoms with E-state index in [2.05, 4.69) is 15.9 Å². The van der Waals surface area contributed by atoms with Crippen LogP contribution in [0, 0.1) is 0 Å². The molecule has 0 aromatic carbocycles. The van der Waals surface area contributed by atoms with Crippen LogP contribution < -0.4 is 0 Å². The van der Waals surface area contributed by atoms with Crippen LogP contribution in [0.25, 0.3) is 0 Å². The Hall–Kier alpha value is 0.130. The van der Waals surface area contributed by atoms with Gasteiger partial charge in [0.1, 0.15) is 6.10 Å². The van der Waals surface area contributed by atoms with Gasteiger partial charge in [-0.15, -0.1) is 22.7 Å². The van der Waals surface area contributed by atoms with Gasteiger partial charge in [0, 0.05) is 9.75 Å². The maximum absolute atomic E-state index is 9.96. The van der Waals surface area contributed by atoms with Crippen molar-refractivity contribution >= 4 is 50.2 Å². The highest BCUT2D eigenvalue weighted by atomic mass is 79.9. The predicted octanol–water partition coefficient (Wildman–Crippen LogP) is 4.31. The van der Waals surface area contributed by atoms with Crippen molar-refractivity contribution in [3.63, 3.8) is 0 Å². The van der Waals surface area contributed by atoms with E-state index < -0.39 is 6.10 Å². The summed E-state index contributed by atoms with van der Waals surface area (Å²) in [6, 6.07) is 7.49. The van der Waals surface area contributed by atoms with Crippen LogP contribution >= 0.6 is 50.2 Å². The lowest BCUT2D eigenvalue weighted by atomic mass is 10.2. The third-order valence-corrected chi connectivity index (χ3v) is 4.69. The number of hydrogen-bond donors (Lipinski definition) is 1. The van der Waals surface area contributed by atoms with E-state index in [0.717, 1.165) is 13.5 Å². The van der Waals surface area contributed by atoms with E-state index in [0.29, 0.717) is 4.34 Å². The van der Waals surface area contributed by atoms with E-state index in [1.807, 2.05) is 18.2 Å². The molecule has 14 heavy (non-hydrogen) atoms. The zero-order chi connectivity index (χ0) is 10.1. The molecule has 0 amide bonds. The maximum atomic E-state index is 9.96. The number of hydrogen-bond acceptors (Lipinski definition) is 3. The minimum atomic E-state index is -0.552.